The SMILES string of the molecule is CN1CCC(CCNc2c(N)cnc3ccccc23)CC1. The number of likely N-dealkylation sites (tertiary alicyclic amines) is 1. The number of nitrogens with zero attached hydrogens (tertiary/aromatic N) is 2. The van der Waals surface area contributed by atoms with Crippen LogP contribution >= 0.6 is 0 Å². The summed E-state index contributed by atoms with van der Waals surface area (Å²) in [6.45, 7) is 3.43. The molecule has 21 heavy (non-hydrogen) atoms. The third-order valence-corrected chi connectivity index (χ3v) is 4.50. The van der Waals surface area contributed by atoms with Crippen molar-refractivity contribution in [3.05, 3.63) is 30.5 Å². The molecule has 1 aliphatic rings. The molecule has 2 heterocycles. The lowest BCUT2D eigenvalue weighted by molar-refractivity contribution is 0.215. The van der Waals surface area contributed by atoms with E-state index in [1.807, 2.05) is 18.2 Å². The van der Waals surface area contributed by atoms with Gasteiger partial charge in [0.25, 0.3) is 0 Å². The molecule has 0 radical (unpaired) electrons. The molecule has 0 bridgehead atoms. The molecule has 0 unspecified atom stereocenters. The van der Waals surface area contributed by atoms with E-state index in [1.165, 1.54) is 32.4 Å². The fourth-order valence-corrected chi connectivity index (χ4v) is 3.11. The number of pyridine rings is 1. The molecule has 4 heteroatoms. The van der Waals surface area contributed by atoms with E-state index in [9.17, 15) is 0 Å². The summed E-state index contributed by atoms with van der Waals surface area (Å²) in [5.74, 6) is 0.836. The zero-order valence-electron chi connectivity index (χ0n) is 12.7. The second-order valence-corrected chi connectivity index (χ2v) is 6.07. The summed E-state index contributed by atoms with van der Waals surface area (Å²) < 4.78 is 0. The molecule has 1 saturated heterocycles. The quantitative estimate of drug-likeness (QED) is 0.906. The molecule has 1 aliphatic heterocycles. The van der Waals surface area contributed by atoms with Crippen LogP contribution in [-0.2, 0) is 0 Å². The van der Waals surface area contributed by atoms with Gasteiger partial charge in [0.1, 0.15) is 0 Å². The maximum Gasteiger partial charge on any atom is 0.0743 e. The van der Waals surface area contributed by atoms with Gasteiger partial charge < -0.3 is 16.0 Å². The van der Waals surface area contributed by atoms with Crippen LogP contribution in [0.15, 0.2) is 30.5 Å². The first kappa shape index (κ1) is 14.1. The summed E-state index contributed by atoms with van der Waals surface area (Å²) in [6.07, 6.45) is 5.58. The van der Waals surface area contributed by atoms with Crippen molar-refractivity contribution in [3.8, 4) is 0 Å². The fraction of sp³-hybridized carbons (Fsp3) is 0.471. The van der Waals surface area contributed by atoms with Crippen molar-refractivity contribution in [2.24, 2.45) is 5.92 Å². The van der Waals surface area contributed by atoms with Crippen LogP contribution in [0.25, 0.3) is 10.9 Å². The average Bonchev–Trinajstić information content (AvgIpc) is 2.51. The number of anilines is 2. The minimum Gasteiger partial charge on any atom is -0.396 e. The number of hydrogen-bond acceptors (Lipinski definition) is 4. The minimum atomic E-state index is 0.733. The molecule has 112 valence electrons. The molecule has 4 nitrogen and oxygen atoms in total. The van der Waals surface area contributed by atoms with Gasteiger partial charge >= 0.3 is 0 Å². The number of hydrogen-bond donors (Lipinski definition) is 2. The van der Waals surface area contributed by atoms with Gasteiger partial charge in [-0.25, -0.2) is 0 Å². The Morgan fingerprint density at radius 3 is 2.86 bits per heavy atom. The zero-order chi connectivity index (χ0) is 14.7. The highest BCUT2D eigenvalue weighted by atomic mass is 15.1. The Morgan fingerprint density at radius 1 is 1.29 bits per heavy atom. The highest BCUT2D eigenvalue weighted by molar-refractivity contribution is 5.96. The van der Waals surface area contributed by atoms with Gasteiger partial charge in [-0.1, -0.05) is 18.2 Å². The summed E-state index contributed by atoms with van der Waals surface area (Å²) >= 11 is 0. The third kappa shape index (κ3) is 3.27. The second kappa shape index (κ2) is 6.31. The van der Waals surface area contributed by atoms with E-state index in [0.29, 0.717) is 0 Å². The molecule has 1 aromatic carbocycles. The fourth-order valence-electron chi connectivity index (χ4n) is 3.11. The van der Waals surface area contributed by atoms with Crippen LogP contribution in [0.2, 0.25) is 0 Å². The molecular weight excluding hydrogens is 260 g/mol. The van der Waals surface area contributed by atoms with Crippen molar-refractivity contribution >= 4 is 22.3 Å². The van der Waals surface area contributed by atoms with Gasteiger partial charge in [0.2, 0.25) is 0 Å². The number of rotatable bonds is 4. The number of benzene rings is 1. The number of fused-ring (bicyclic) bond motifs is 1. The Balaban J connectivity index is 1.64. The Bertz CT molecular complexity index is 603. The first-order chi connectivity index (χ1) is 10.2. The predicted molar refractivity (Wildman–Crippen MR) is 89.5 cm³/mol. The lowest BCUT2D eigenvalue weighted by atomic mass is 9.94. The van der Waals surface area contributed by atoms with Crippen LogP contribution < -0.4 is 11.1 Å². The zero-order valence-corrected chi connectivity index (χ0v) is 12.7. The maximum absolute atomic E-state index is 6.09. The number of nitrogens with one attached hydrogen (secondary N) is 1. The molecule has 0 amide bonds. The Labute approximate surface area is 126 Å². The Kier molecular flexibility index (Phi) is 4.25. The highest BCUT2D eigenvalue weighted by Gasteiger charge is 2.16. The van der Waals surface area contributed by atoms with Gasteiger partial charge in [-0.3, -0.25) is 4.98 Å². The van der Waals surface area contributed by atoms with Crippen LogP contribution in [0.5, 0.6) is 0 Å². The molecule has 3 N–H and O–H groups in total. The molecule has 0 aliphatic carbocycles. The molecule has 2 aromatic rings. The maximum atomic E-state index is 6.09. The molecule has 3 rings (SSSR count). The summed E-state index contributed by atoms with van der Waals surface area (Å²) in [6, 6.07) is 8.15. The number of nitrogens with two attached hydrogens (primary N) is 1. The molecule has 1 fully saturated rings. The van der Waals surface area contributed by atoms with Crippen molar-refractivity contribution in [3.63, 3.8) is 0 Å². The Hall–Kier alpha value is -1.81. The monoisotopic (exact) mass is 284 g/mol. The van der Waals surface area contributed by atoms with Gasteiger partial charge in [-0.15, -0.1) is 0 Å². The van der Waals surface area contributed by atoms with Crippen molar-refractivity contribution in [2.75, 3.05) is 37.7 Å². The van der Waals surface area contributed by atoms with E-state index in [-0.39, 0.29) is 0 Å². The topological polar surface area (TPSA) is 54.2 Å². The van der Waals surface area contributed by atoms with Crippen molar-refractivity contribution < 1.29 is 0 Å². The number of nitrogen functional groups attached to an aromatic ring is 1. The van der Waals surface area contributed by atoms with E-state index in [2.05, 4.69) is 28.3 Å². The normalized spacial score (nSPS) is 17.2. The van der Waals surface area contributed by atoms with E-state index in [4.69, 9.17) is 5.73 Å². The van der Waals surface area contributed by atoms with Gasteiger partial charge in [0.05, 0.1) is 23.1 Å². The van der Waals surface area contributed by atoms with Gasteiger partial charge in [-0.2, -0.15) is 0 Å². The van der Waals surface area contributed by atoms with Gasteiger partial charge in [-0.05, 0) is 51.4 Å². The predicted octanol–water partition coefficient (Wildman–Crippen LogP) is 2.96. The Morgan fingerprint density at radius 2 is 2.05 bits per heavy atom. The van der Waals surface area contributed by atoms with E-state index in [0.717, 1.165) is 34.7 Å². The van der Waals surface area contributed by atoms with Crippen LogP contribution in [0, 0.1) is 5.92 Å². The summed E-state index contributed by atoms with van der Waals surface area (Å²) in [5, 5.41) is 4.65. The van der Waals surface area contributed by atoms with Crippen LogP contribution in [0.4, 0.5) is 11.4 Å². The van der Waals surface area contributed by atoms with Crippen molar-refractivity contribution in [1.82, 2.24) is 9.88 Å². The number of piperidine rings is 1. The lowest BCUT2D eigenvalue weighted by Gasteiger charge is -2.29. The second-order valence-electron chi connectivity index (χ2n) is 6.07. The smallest absolute Gasteiger partial charge is 0.0743 e. The highest BCUT2D eigenvalue weighted by Crippen LogP contribution is 2.28. The van der Waals surface area contributed by atoms with E-state index >= 15 is 0 Å². The largest absolute Gasteiger partial charge is 0.396 e. The summed E-state index contributed by atoms with van der Waals surface area (Å²) in [5.41, 5.74) is 8.86. The van der Waals surface area contributed by atoms with E-state index in [1.54, 1.807) is 6.20 Å². The van der Waals surface area contributed by atoms with Crippen LogP contribution in [0.1, 0.15) is 19.3 Å². The van der Waals surface area contributed by atoms with Crippen LogP contribution in [0.3, 0.4) is 0 Å². The molecule has 0 spiro atoms. The molecule has 0 saturated carbocycles. The first-order valence-corrected chi connectivity index (χ1v) is 7.79. The van der Waals surface area contributed by atoms with Crippen molar-refractivity contribution in [1.29, 1.82) is 0 Å². The third-order valence-electron chi connectivity index (χ3n) is 4.50. The van der Waals surface area contributed by atoms with Crippen molar-refractivity contribution in [2.45, 2.75) is 19.3 Å². The van der Waals surface area contributed by atoms with Crippen LogP contribution in [-0.4, -0.2) is 36.6 Å². The minimum absolute atomic E-state index is 0.733. The number of aromatic nitrogens is 1. The standard InChI is InChI=1S/C17H24N4/c1-21-10-7-13(8-11-21)6-9-19-17-14-4-2-3-5-16(14)20-12-15(17)18/h2-5,12-13H,6-11,18H2,1H3,(H,19,20). The molecule has 1 aromatic heterocycles. The van der Waals surface area contributed by atoms with Gasteiger partial charge in [0.15, 0.2) is 0 Å². The van der Waals surface area contributed by atoms with E-state index < -0.39 is 0 Å². The molecular formula is C17H24N4. The number of para-hydroxylation sites is 1. The first-order valence-electron chi connectivity index (χ1n) is 7.79. The summed E-state index contributed by atoms with van der Waals surface area (Å²) in [7, 11) is 2.21. The average molecular weight is 284 g/mol. The lowest BCUT2D eigenvalue weighted by Crippen LogP contribution is -2.30. The summed E-state index contributed by atoms with van der Waals surface area (Å²) in [4.78, 5) is 6.79. The molecule has 0 atom stereocenters. The van der Waals surface area contributed by atoms with Gasteiger partial charge in [0, 0.05) is 11.9 Å².